The SMILES string of the molecule is Cc1ccc(-c2ccc(/C=C3/NC(=O)N(CC(=O)O)C3=O)o2)cc1[N+](=O)[O-]. The molecule has 0 atom stereocenters. The molecule has 10 nitrogen and oxygen atoms in total. The Morgan fingerprint density at radius 1 is 1.33 bits per heavy atom. The molecule has 2 heterocycles. The van der Waals surface area contributed by atoms with Crippen LogP contribution in [0.5, 0.6) is 0 Å². The predicted molar refractivity (Wildman–Crippen MR) is 91.4 cm³/mol. The van der Waals surface area contributed by atoms with Gasteiger partial charge < -0.3 is 14.8 Å². The van der Waals surface area contributed by atoms with Crippen LogP contribution in [0.1, 0.15) is 11.3 Å². The number of urea groups is 1. The Morgan fingerprint density at radius 3 is 2.74 bits per heavy atom. The summed E-state index contributed by atoms with van der Waals surface area (Å²) in [6.07, 6.45) is 1.26. The minimum absolute atomic E-state index is 0.0497. The van der Waals surface area contributed by atoms with Gasteiger partial charge in [0.25, 0.3) is 11.6 Å². The van der Waals surface area contributed by atoms with E-state index in [-0.39, 0.29) is 17.1 Å². The Balaban J connectivity index is 1.87. The minimum atomic E-state index is -1.32. The van der Waals surface area contributed by atoms with Crippen molar-refractivity contribution >= 4 is 29.7 Å². The first-order valence-electron chi connectivity index (χ1n) is 7.68. The van der Waals surface area contributed by atoms with Crippen molar-refractivity contribution in [3.05, 3.63) is 57.5 Å². The van der Waals surface area contributed by atoms with Crippen LogP contribution in [0.15, 0.2) is 40.4 Å². The molecule has 3 amide bonds. The van der Waals surface area contributed by atoms with E-state index < -0.39 is 29.4 Å². The highest BCUT2D eigenvalue weighted by molar-refractivity contribution is 6.14. The van der Waals surface area contributed by atoms with Crippen LogP contribution in [0.3, 0.4) is 0 Å². The Morgan fingerprint density at radius 2 is 2.07 bits per heavy atom. The van der Waals surface area contributed by atoms with Crippen LogP contribution in [0.2, 0.25) is 0 Å². The molecule has 2 aromatic rings. The van der Waals surface area contributed by atoms with E-state index in [2.05, 4.69) is 5.32 Å². The zero-order chi connectivity index (χ0) is 19.7. The third-order valence-corrected chi connectivity index (χ3v) is 3.86. The topological polar surface area (TPSA) is 143 Å². The number of carboxylic acid groups (broad SMARTS) is 1. The smallest absolute Gasteiger partial charge is 0.329 e. The Hall–Kier alpha value is -3.95. The van der Waals surface area contributed by atoms with E-state index >= 15 is 0 Å². The zero-order valence-electron chi connectivity index (χ0n) is 14.0. The quantitative estimate of drug-likeness (QED) is 0.355. The normalized spacial score (nSPS) is 15.3. The summed E-state index contributed by atoms with van der Waals surface area (Å²) in [5, 5.41) is 22.1. The number of furan rings is 1. The second-order valence-electron chi connectivity index (χ2n) is 5.73. The summed E-state index contributed by atoms with van der Waals surface area (Å²) < 4.78 is 5.57. The third-order valence-electron chi connectivity index (χ3n) is 3.86. The molecule has 1 aliphatic rings. The number of carbonyl (C=O) groups excluding carboxylic acids is 2. The van der Waals surface area contributed by atoms with Crippen molar-refractivity contribution in [1.29, 1.82) is 0 Å². The molecule has 0 saturated carbocycles. The average molecular weight is 371 g/mol. The van der Waals surface area contributed by atoms with Crippen molar-refractivity contribution in [2.75, 3.05) is 6.54 Å². The van der Waals surface area contributed by atoms with Crippen molar-refractivity contribution in [2.45, 2.75) is 6.92 Å². The van der Waals surface area contributed by atoms with Gasteiger partial charge in [0.15, 0.2) is 0 Å². The maximum Gasteiger partial charge on any atom is 0.329 e. The molecule has 3 rings (SSSR count). The molecule has 1 aromatic carbocycles. The largest absolute Gasteiger partial charge is 0.480 e. The summed E-state index contributed by atoms with van der Waals surface area (Å²) in [5.74, 6) is -1.55. The van der Waals surface area contributed by atoms with E-state index in [1.54, 1.807) is 25.1 Å². The van der Waals surface area contributed by atoms with Crippen LogP contribution in [-0.4, -0.2) is 39.4 Å². The van der Waals surface area contributed by atoms with Crippen molar-refractivity contribution in [3.63, 3.8) is 0 Å². The molecular formula is C17H13N3O7. The highest BCUT2D eigenvalue weighted by atomic mass is 16.6. The fourth-order valence-electron chi connectivity index (χ4n) is 2.54. The number of nitrogens with zero attached hydrogens (tertiary/aromatic N) is 2. The first kappa shape index (κ1) is 17.9. The van der Waals surface area contributed by atoms with Crippen LogP contribution < -0.4 is 5.32 Å². The van der Waals surface area contributed by atoms with Crippen molar-refractivity contribution < 1.29 is 28.8 Å². The molecule has 1 saturated heterocycles. The van der Waals surface area contributed by atoms with Gasteiger partial charge in [-0.15, -0.1) is 0 Å². The van der Waals surface area contributed by atoms with Crippen molar-refractivity contribution in [3.8, 4) is 11.3 Å². The lowest BCUT2D eigenvalue weighted by Gasteiger charge is -2.06. The summed E-state index contributed by atoms with van der Waals surface area (Å²) >= 11 is 0. The van der Waals surface area contributed by atoms with Gasteiger partial charge in [-0.1, -0.05) is 12.1 Å². The van der Waals surface area contributed by atoms with Gasteiger partial charge in [-0.25, -0.2) is 9.69 Å². The van der Waals surface area contributed by atoms with Gasteiger partial charge in [0, 0.05) is 23.3 Å². The van der Waals surface area contributed by atoms with Crippen LogP contribution >= 0.6 is 0 Å². The first-order valence-corrected chi connectivity index (χ1v) is 7.68. The van der Waals surface area contributed by atoms with Crippen LogP contribution in [0.4, 0.5) is 10.5 Å². The molecule has 1 aliphatic heterocycles. The molecule has 1 aromatic heterocycles. The van der Waals surface area contributed by atoms with Crippen LogP contribution in [0.25, 0.3) is 17.4 Å². The number of aryl methyl sites for hydroxylation is 1. The molecule has 0 bridgehead atoms. The number of benzene rings is 1. The third kappa shape index (κ3) is 3.54. The van der Waals surface area contributed by atoms with Gasteiger partial charge in [0.2, 0.25) is 0 Å². The van der Waals surface area contributed by atoms with Crippen molar-refractivity contribution in [1.82, 2.24) is 10.2 Å². The van der Waals surface area contributed by atoms with E-state index in [9.17, 15) is 24.5 Å². The monoisotopic (exact) mass is 371 g/mol. The van der Waals surface area contributed by atoms with E-state index in [1.165, 1.54) is 18.2 Å². The summed E-state index contributed by atoms with van der Waals surface area (Å²) in [6.45, 7) is 0.871. The zero-order valence-corrected chi connectivity index (χ0v) is 14.0. The Kier molecular flexibility index (Phi) is 4.46. The molecule has 0 radical (unpaired) electrons. The minimum Gasteiger partial charge on any atom is -0.480 e. The van der Waals surface area contributed by atoms with E-state index in [1.807, 2.05) is 0 Å². The molecular weight excluding hydrogens is 358 g/mol. The van der Waals surface area contributed by atoms with E-state index in [0.717, 1.165) is 0 Å². The van der Waals surface area contributed by atoms with Gasteiger partial charge in [-0.2, -0.15) is 0 Å². The van der Waals surface area contributed by atoms with Gasteiger partial charge in [-0.05, 0) is 19.1 Å². The lowest BCUT2D eigenvalue weighted by atomic mass is 10.1. The predicted octanol–water partition coefficient (Wildman–Crippen LogP) is 2.14. The van der Waals surface area contributed by atoms with Crippen LogP contribution in [0, 0.1) is 17.0 Å². The highest BCUT2D eigenvalue weighted by Crippen LogP contribution is 2.29. The number of amides is 3. The molecule has 10 heteroatoms. The number of hydrogen-bond acceptors (Lipinski definition) is 6. The van der Waals surface area contributed by atoms with Gasteiger partial charge in [0.1, 0.15) is 23.8 Å². The fourth-order valence-corrected chi connectivity index (χ4v) is 2.54. The second kappa shape index (κ2) is 6.75. The lowest BCUT2D eigenvalue weighted by molar-refractivity contribution is -0.385. The molecule has 1 fully saturated rings. The number of nitrogens with one attached hydrogen (secondary N) is 1. The highest BCUT2D eigenvalue weighted by Gasteiger charge is 2.35. The molecule has 0 unspecified atom stereocenters. The number of carbonyl (C=O) groups is 3. The molecule has 2 N–H and O–H groups in total. The van der Waals surface area contributed by atoms with Gasteiger partial charge in [-0.3, -0.25) is 19.7 Å². The maximum absolute atomic E-state index is 12.1. The average Bonchev–Trinajstić information content (AvgIpc) is 3.15. The number of hydrogen-bond donors (Lipinski definition) is 2. The molecule has 27 heavy (non-hydrogen) atoms. The summed E-state index contributed by atoms with van der Waals surface area (Å²) in [4.78, 5) is 45.6. The van der Waals surface area contributed by atoms with E-state index in [0.29, 0.717) is 21.8 Å². The standard InChI is InChI=1S/C17H13N3O7/c1-9-2-3-10(6-13(9)20(25)26)14-5-4-11(27-14)7-12-16(23)19(8-15(21)22)17(24)18-12/h2-7H,8H2,1H3,(H,18,24)(H,21,22)/b12-7+. The number of aliphatic carboxylic acids is 1. The maximum atomic E-state index is 12.1. The number of rotatable bonds is 5. The summed E-state index contributed by atoms with van der Waals surface area (Å²) in [7, 11) is 0. The molecule has 0 spiro atoms. The number of nitro benzene ring substituents is 1. The Labute approximate surface area is 151 Å². The fraction of sp³-hybridized carbons (Fsp3) is 0.118. The number of carboxylic acids is 1. The molecule has 138 valence electrons. The van der Waals surface area contributed by atoms with Crippen molar-refractivity contribution in [2.24, 2.45) is 0 Å². The molecule has 0 aliphatic carbocycles. The lowest BCUT2D eigenvalue weighted by Crippen LogP contribution is -2.35. The second-order valence-corrected chi connectivity index (χ2v) is 5.73. The first-order chi connectivity index (χ1) is 12.8. The van der Waals surface area contributed by atoms with Gasteiger partial charge >= 0.3 is 12.0 Å². The Bertz CT molecular complexity index is 1010. The van der Waals surface area contributed by atoms with E-state index in [4.69, 9.17) is 9.52 Å². The summed E-state index contributed by atoms with van der Waals surface area (Å²) in [5.41, 5.74) is 0.810. The summed E-state index contributed by atoms with van der Waals surface area (Å²) in [6, 6.07) is 6.88. The number of nitro groups is 1. The van der Waals surface area contributed by atoms with Crippen LogP contribution in [-0.2, 0) is 9.59 Å². The van der Waals surface area contributed by atoms with Gasteiger partial charge in [0.05, 0.1) is 4.92 Å². The number of imide groups is 1.